The van der Waals surface area contributed by atoms with E-state index in [-0.39, 0.29) is 5.41 Å². The molecule has 16 heavy (non-hydrogen) atoms. The summed E-state index contributed by atoms with van der Waals surface area (Å²) in [6, 6.07) is 0. The maximum absolute atomic E-state index is 12.3. The Morgan fingerprint density at radius 1 is 1.38 bits per heavy atom. The van der Waals surface area contributed by atoms with Gasteiger partial charge in [-0.3, -0.25) is 4.79 Å². The van der Waals surface area contributed by atoms with Gasteiger partial charge in [0.05, 0.1) is 0 Å². The van der Waals surface area contributed by atoms with E-state index in [0.29, 0.717) is 11.7 Å². The van der Waals surface area contributed by atoms with Gasteiger partial charge >= 0.3 is 0 Å². The average molecular weight is 223 g/mol. The average Bonchev–Trinajstić information content (AvgIpc) is 2.59. The van der Waals surface area contributed by atoms with Crippen molar-refractivity contribution in [3.8, 4) is 0 Å². The molecule has 2 aliphatic rings. The topological polar surface area (TPSA) is 20.3 Å². The second-order valence-electron chi connectivity index (χ2n) is 6.49. The minimum absolute atomic E-state index is 0.0613. The first-order valence-corrected chi connectivity index (χ1v) is 6.76. The van der Waals surface area contributed by atoms with E-state index in [4.69, 9.17) is 0 Å². The molecule has 0 spiro atoms. The molecule has 2 fully saturated rings. The van der Waals surface area contributed by atoms with Gasteiger partial charge in [-0.1, -0.05) is 27.2 Å². The summed E-state index contributed by atoms with van der Waals surface area (Å²) in [7, 11) is 0. The fourth-order valence-electron chi connectivity index (χ4n) is 3.28. The third kappa shape index (κ3) is 2.48. The maximum atomic E-state index is 12.3. The number of hydrogen-bond donors (Lipinski definition) is 0. The highest BCUT2D eigenvalue weighted by Crippen LogP contribution is 2.36. The lowest BCUT2D eigenvalue weighted by Gasteiger charge is -2.35. The van der Waals surface area contributed by atoms with Crippen LogP contribution in [0.15, 0.2) is 0 Å². The van der Waals surface area contributed by atoms with E-state index in [1.165, 1.54) is 25.9 Å². The Hall–Kier alpha value is -0.370. The van der Waals surface area contributed by atoms with Gasteiger partial charge in [0.1, 0.15) is 5.78 Å². The van der Waals surface area contributed by atoms with E-state index in [0.717, 1.165) is 25.3 Å². The van der Waals surface area contributed by atoms with Gasteiger partial charge in [-0.15, -0.1) is 0 Å². The lowest BCUT2D eigenvalue weighted by Crippen LogP contribution is -2.41. The van der Waals surface area contributed by atoms with Crippen molar-refractivity contribution in [2.24, 2.45) is 17.3 Å². The number of ketones is 1. The standard InChI is InChI=1S/C14H25NO/c1-11-6-8-15(9-11)10-12-5-4-7-14(2,3)13(12)16/h11-12H,4-10H2,1-3H3. The lowest BCUT2D eigenvalue weighted by atomic mass is 9.71. The summed E-state index contributed by atoms with van der Waals surface area (Å²) >= 11 is 0. The summed E-state index contributed by atoms with van der Waals surface area (Å²) in [5, 5.41) is 0. The molecule has 0 aromatic rings. The van der Waals surface area contributed by atoms with Crippen molar-refractivity contribution < 1.29 is 4.79 Å². The Balaban J connectivity index is 1.92. The largest absolute Gasteiger partial charge is 0.302 e. The Morgan fingerprint density at radius 3 is 2.75 bits per heavy atom. The van der Waals surface area contributed by atoms with Crippen LogP contribution in [0, 0.1) is 17.3 Å². The van der Waals surface area contributed by atoms with Crippen LogP contribution in [0.4, 0.5) is 0 Å². The lowest BCUT2D eigenvalue weighted by molar-refractivity contribution is -0.134. The molecule has 2 atom stereocenters. The third-order valence-electron chi connectivity index (χ3n) is 4.38. The van der Waals surface area contributed by atoms with Crippen molar-refractivity contribution in [1.29, 1.82) is 0 Å². The highest BCUT2D eigenvalue weighted by Gasteiger charge is 2.38. The fourth-order valence-corrected chi connectivity index (χ4v) is 3.28. The molecule has 0 radical (unpaired) electrons. The number of likely N-dealkylation sites (tertiary alicyclic amines) is 1. The number of nitrogens with zero attached hydrogens (tertiary/aromatic N) is 1. The van der Waals surface area contributed by atoms with Crippen LogP contribution in [0.5, 0.6) is 0 Å². The Labute approximate surface area is 99.4 Å². The first kappa shape index (κ1) is 12.1. The van der Waals surface area contributed by atoms with E-state index < -0.39 is 0 Å². The van der Waals surface area contributed by atoms with Crippen LogP contribution in [0.2, 0.25) is 0 Å². The summed E-state index contributed by atoms with van der Waals surface area (Å²) in [5.41, 5.74) is -0.0613. The van der Waals surface area contributed by atoms with Crippen molar-refractivity contribution >= 4 is 5.78 Å². The highest BCUT2D eigenvalue weighted by atomic mass is 16.1. The molecule has 1 aliphatic carbocycles. The van der Waals surface area contributed by atoms with E-state index in [2.05, 4.69) is 25.7 Å². The van der Waals surface area contributed by atoms with Crippen molar-refractivity contribution in [1.82, 2.24) is 4.90 Å². The van der Waals surface area contributed by atoms with Crippen LogP contribution >= 0.6 is 0 Å². The van der Waals surface area contributed by atoms with Gasteiger partial charge in [-0.05, 0) is 31.7 Å². The quantitative estimate of drug-likeness (QED) is 0.717. The van der Waals surface area contributed by atoms with Crippen LogP contribution in [-0.2, 0) is 4.79 Å². The zero-order valence-corrected chi connectivity index (χ0v) is 11.0. The molecule has 2 nitrogen and oxygen atoms in total. The summed E-state index contributed by atoms with van der Waals surface area (Å²) < 4.78 is 0. The predicted octanol–water partition coefficient (Wildman–Crippen LogP) is 2.72. The molecule has 1 saturated carbocycles. The van der Waals surface area contributed by atoms with Crippen LogP contribution in [0.1, 0.15) is 46.5 Å². The fraction of sp³-hybridized carbons (Fsp3) is 0.929. The molecule has 2 unspecified atom stereocenters. The van der Waals surface area contributed by atoms with Crippen molar-refractivity contribution in [3.63, 3.8) is 0 Å². The Bertz CT molecular complexity index is 272. The van der Waals surface area contributed by atoms with Gasteiger partial charge in [0, 0.05) is 24.4 Å². The van der Waals surface area contributed by atoms with Gasteiger partial charge in [0.2, 0.25) is 0 Å². The number of rotatable bonds is 2. The molecule has 1 saturated heterocycles. The van der Waals surface area contributed by atoms with Crippen molar-refractivity contribution in [2.75, 3.05) is 19.6 Å². The monoisotopic (exact) mass is 223 g/mol. The minimum Gasteiger partial charge on any atom is -0.302 e. The molecule has 1 aliphatic heterocycles. The van der Waals surface area contributed by atoms with Gasteiger partial charge in [-0.2, -0.15) is 0 Å². The molecule has 0 aromatic heterocycles. The van der Waals surface area contributed by atoms with Crippen LogP contribution < -0.4 is 0 Å². The Morgan fingerprint density at radius 2 is 2.12 bits per heavy atom. The number of hydrogen-bond acceptors (Lipinski definition) is 2. The third-order valence-corrected chi connectivity index (χ3v) is 4.38. The zero-order chi connectivity index (χ0) is 11.8. The predicted molar refractivity (Wildman–Crippen MR) is 66.4 cm³/mol. The van der Waals surface area contributed by atoms with E-state index in [9.17, 15) is 4.79 Å². The SMILES string of the molecule is CC1CCN(CC2CCCC(C)(C)C2=O)C1. The van der Waals surface area contributed by atoms with Gasteiger partial charge < -0.3 is 4.90 Å². The molecular weight excluding hydrogens is 198 g/mol. The minimum atomic E-state index is -0.0613. The highest BCUT2D eigenvalue weighted by molar-refractivity contribution is 5.87. The molecule has 2 rings (SSSR count). The number of Topliss-reactive ketones (excluding diaryl/α,β-unsaturated/α-hetero) is 1. The molecule has 2 heteroatoms. The van der Waals surface area contributed by atoms with E-state index in [1.807, 2.05) is 0 Å². The summed E-state index contributed by atoms with van der Waals surface area (Å²) in [6.07, 6.45) is 4.74. The number of carbonyl (C=O) groups excluding carboxylic acids is 1. The van der Waals surface area contributed by atoms with Gasteiger partial charge in [-0.25, -0.2) is 0 Å². The van der Waals surface area contributed by atoms with Gasteiger partial charge in [0.25, 0.3) is 0 Å². The first-order valence-electron chi connectivity index (χ1n) is 6.76. The second-order valence-corrected chi connectivity index (χ2v) is 6.49. The molecule has 0 amide bonds. The zero-order valence-electron chi connectivity index (χ0n) is 11.0. The normalized spacial score (nSPS) is 35.6. The molecular formula is C14H25NO. The second kappa shape index (κ2) is 4.48. The summed E-state index contributed by atoms with van der Waals surface area (Å²) in [5.74, 6) is 1.65. The number of carbonyl (C=O) groups is 1. The Kier molecular flexibility index (Phi) is 3.39. The first-order chi connectivity index (χ1) is 7.49. The summed E-state index contributed by atoms with van der Waals surface area (Å²) in [6.45, 7) is 9.97. The van der Waals surface area contributed by atoms with Crippen molar-refractivity contribution in [2.45, 2.75) is 46.5 Å². The van der Waals surface area contributed by atoms with E-state index in [1.54, 1.807) is 0 Å². The smallest absolute Gasteiger partial charge is 0.142 e. The van der Waals surface area contributed by atoms with Crippen LogP contribution in [0.3, 0.4) is 0 Å². The van der Waals surface area contributed by atoms with Crippen LogP contribution in [0.25, 0.3) is 0 Å². The van der Waals surface area contributed by atoms with Crippen LogP contribution in [-0.4, -0.2) is 30.3 Å². The molecule has 0 aromatic carbocycles. The molecule has 1 heterocycles. The molecule has 0 bridgehead atoms. The maximum Gasteiger partial charge on any atom is 0.142 e. The van der Waals surface area contributed by atoms with E-state index >= 15 is 0 Å². The van der Waals surface area contributed by atoms with Crippen molar-refractivity contribution in [3.05, 3.63) is 0 Å². The molecule has 92 valence electrons. The van der Waals surface area contributed by atoms with Gasteiger partial charge in [0.15, 0.2) is 0 Å². The molecule has 0 N–H and O–H groups in total. The summed E-state index contributed by atoms with van der Waals surface area (Å²) in [4.78, 5) is 14.8.